The summed E-state index contributed by atoms with van der Waals surface area (Å²) >= 11 is 4.82. The zero-order chi connectivity index (χ0) is 21.6. The Bertz CT molecular complexity index is 1120. The highest BCUT2D eigenvalue weighted by atomic mass is 79.9. The number of hydrogen-bond donors (Lipinski definition) is 1. The average molecular weight is 509 g/mol. The highest BCUT2D eigenvalue weighted by molar-refractivity contribution is 9.10. The minimum Gasteiger partial charge on any atom is -0.497 e. The average Bonchev–Trinajstić information content (AvgIpc) is 3.13. The van der Waals surface area contributed by atoms with Crippen LogP contribution in [0.5, 0.6) is 5.75 Å². The van der Waals surface area contributed by atoms with E-state index >= 15 is 0 Å². The van der Waals surface area contributed by atoms with Crippen molar-refractivity contribution in [1.82, 2.24) is 19.5 Å². The fourth-order valence-electron chi connectivity index (χ4n) is 2.64. The number of sulfonamides is 1. The third-order valence-corrected chi connectivity index (χ3v) is 7.14. The molecule has 0 aliphatic rings. The molecule has 7 nitrogen and oxygen atoms in total. The summed E-state index contributed by atoms with van der Waals surface area (Å²) in [6, 6.07) is 14.2. The van der Waals surface area contributed by atoms with Crippen LogP contribution in [0.4, 0.5) is 0 Å². The largest absolute Gasteiger partial charge is 0.497 e. The highest BCUT2D eigenvalue weighted by Gasteiger charge is 2.17. The molecule has 1 heterocycles. The first-order chi connectivity index (χ1) is 14.4. The number of methoxy groups -OCH3 is 1. The molecule has 0 amide bonds. The first-order valence-corrected chi connectivity index (χ1v) is 12.2. The lowest BCUT2D eigenvalue weighted by Crippen LogP contribution is -2.25. The molecule has 0 unspecified atom stereocenters. The van der Waals surface area contributed by atoms with Gasteiger partial charge in [0, 0.05) is 16.8 Å². The van der Waals surface area contributed by atoms with Gasteiger partial charge >= 0.3 is 0 Å². The second-order valence-corrected chi connectivity index (χ2v) is 9.84. The van der Waals surface area contributed by atoms with Gasteiger partial charge in [0.25, 0.3) is 0 Å². The summed E-state index contributed by atoms with van der Waals surface area (Å²) in [5.74, 6) is 1.99. The van der Waals surface area contributed by atoms with Crippen LogP contribution in [0.3, 0.4) is 0 Å². The van der Waals surface area contributed by atoms with Crippen molar-refractivity contribution < 1.29 is 13.2 Å². The smallest absolute Gasteiger partial charge is 0.240 e. The van der Waals surface area contributed by atoms with Crippen molar-refractivity contribution in [3.05, 3.63) is 77.0 Å². The lowest BCUT2D eigenvalue weighted by atomic mass is 10.2. The Morgan fingerprint density at radius 1 is 1.23 bits per heavy atom. The summed E-state index contributed by atoms with van der Waals surface area (Å²) in [5.41, 5.74) is 1.09. The molecular formula is C20H21BrN4O3S2. The molecule has 1 N–H and O–H groups in total. The maximum absolute atomic E-state index is 12.5. The number of nitrogens with one attached hydrogen (secondary N) is 1. The molecule has 0 saturated carbocycles. The Morgan fingerprint density at radius 3 is 2.70 bits per heavy atom. The van der Waals surface area contributed by atoms with Gasteiger partial charge in [0.15, 0.2) is 5.16 Å². The molecule has 0 aliphatic heterocycles. The number of benzene rings is 2. The number of nitrogens with zero attached hydrogens (tertiary/aromatic N) is 3. The van der Waals surface area contributed by atoms with Gasteiger partial charge in [-0.15, -0.1) is 16.8 Å². The molecule has 10 heteroatoms. The van der Waals surface area contributed by atoms with Gasteiger partial charge in [-0.2, -0.15) is 0 Å². The molecule has 158 valence electrons. The summed E-state index contributed by atoms with van der Waals surface area (Å²) in [6.07, 6.45) is 1.73. The van der Waals surface area contributed by atoms with E-state index in [9.17, 15) is 8.42 Å². The number of halogens is 1. The minimum absolute atomic E-state index is 0.0267. The van der Waals surface area contributed by atoms with Crippen LogP contribution in [-0.2, 0) is 28.9 Å². The van der Waals surface area contributed by atoms with E-state index in [0.29, 0.717) is 23.3 Å². The van der Waals surface area contributed by atoms with E-state index in [1.54, 1.807) is 25.3 Å². The molecular weight excluding hydrogens is 488 g/mol. The quantitative estimate of drug-likeness (QED) is 0.329. The van der Waals surface area contributed by atoms with Crippen molar-refractivity contribution in [2.75, 3.05) is 7.11 Å². The van der Waals surface area contributed by atoms with E-state index in [-0.39, 0.29) is 11.4 Å². The van der Waals surface area contributed by atoms with Crippen LogP contribution in [0, 0.1) is 0 Å². The van der Waals surface area contributed by atoms with Gasteiger partial charge in [-0.1, -0.05) is 45.9 Å². The summed E-state index contributed by atoms with van der Waals surface area (Å²) in [5, 5.41) is 9.10. The molecule has 0 radical (unpaired) electrons. The molecule has 0 fully saturated rings. The van der Waals surface area contributed by atoms with Crippen molar-refractivity contribution in [1.29, 1.82) is 0 Å². The third kappa shape index (κ3) is 5.72. The van der Waals surface area contributed by atoms with E-state index in [1.165, 1.54) is 23.9 Å². The van der Waals surface area contributed by atoms with Crippen LogP contribution in [0.2, 0.25) is 0 Å². The molecule has 0 saturated heterocycles. The van der Waals surface area contributed by atoms with E-state index in [0.717, 1.165) is 15.8 Å². The molecule has 0 atom stereocenters. The molecule has 0 bridgehead atoms. The number of thioether (sulfide) groups is 1. The van der Waals surface area contributed by atoms with Gasteiger partial charge in [-0.05, 0) is 42.0 Å². The van der Waals surface area contributed by atoms with E-state index in [1.807, 2.05) is 28.8 Å². The standard InChI is InChI=1S/C20H21BrN4O3S2/c1-3-11-25-19(13-22-30(26,27)18-9-7-16(21)8-10-18)23-24-20(25)29-14-15-5-4-6-17(12-15)28-2/h3-10,12,22H,1,11,13-14H2,2H3. The zero-order valence-electron chi connectivity index (χ0n) is 16.3. The van der Waals surface area contributed by atoms with Crippen molar-refractivity contribution in [3.63, 3.8) is 0 Å². The lowest BCUT2D eigenvalue weighted by Gasteiger charge is -2.10. The second-order valence-electron chi connectivity index (χ2n) is 6.22. The van der Waals surface area contributed by atoms with E-state index in [4.69, 9.17) is 4.74 Å². The predicted molar refractivity (Wildman–Crippen MR) is 121 cm³/mol. The van der Waals surface area contributed by atoms with Crippen molar-refractivity contribution >= 4 is 37.7 Å². The number of aromatic nitrogens is 3. The number of hydrogen-bond acceptors (Lipinski definition) is 6. The van der Waals surface area contributed by atoms with Crippen LogP contribution in [0.15, 0.2) is 75.7 Å². The minimum atomic E-state index is -3.66. The first-order valence-electron chi connectivity index (χ1n) is 8.97. The van der Waals surface area contributed by atoms with Crippen LogP contribution >= 0.6 is 27.7 Å². The maximum atomic E-state index is 12.5. The molecule has 3 aromatic rings. The van der Waals surface area contributed by atoms with E-state index < -0.39 is 10.0 Å². The molecule has 1 aromatic heterocycles. The Kier molecular flexibility index (Phi) is 7.70. The van der Waals surface area contributed by atoms with Crippen LogP contribution in [0.1, 0.15) is 11.4 Å². The third-order valence-electron chi connectivity index (χ3n) is 4.15. The summed E-state index contributed by atoms with van der Waals surface area (Å²) in [7, 11) is -2.03. The Labute approximate surface area is 188 Å². The van der Waals surface area contributed by atoms with Crippen molar-refractivity contribution in [2.24, 2.45) is 0 Å². The zero-order valence-corrected chi connectivity index (χ0v) is 19.5. The Morgan fingerprint density at radius 2 is 2.00 bits per heavy atom. The predicted octanol–water partition coefficient (Wildman–Crippen LogP) is 4.01. The van der Waals surface area contributed by atoms with Crippen LogP contribution < -0.4 is 9.46 Å². The van der Waals surface area contributed by atoms with Gasteiger partial charge in [-0.3, -0.25) is 0 Å². The Balaban J connectivity index is 1.72. The Hall–Kier alpha value is -2.14. The molecule has 3 rings (SSSR count). The van der Waals surface area contributed by atoms with Gasteiger partial charge in [0.2, 0.25) is 10.0 Å². The van der Waals surface area contributed by atoms with Gasteiger partial charge in [0.05, 0.1) is 18.6 Å². The molecule has 2 aromatic carbocycles. The number of allylic oxidation sites excluding steroid dienone is 1. The maximum Gasteiger partial charge on any atom is 0.240 e. The van der Waals surface area contributed by atoms with Crippen molar-refractivity contribution in [3.8, 4) is 5.75 Å². The van der Waals surface area contributed by atoms with Crippen LogP contribution in [0.25, 0.3) is 0 Å². The molecule has 0 aliphatic carbocycles. The SMILES string of the molecule is C=CCn1c(CNS(=O)(=O)c2ccc(Br)cc2)nnc1SCc1cccc(OC)c1. The van der Waals surface area contributed by atoms with Gasteiger partial charge in [-0.25, -0.2) is 13.1 Å². The number of rotatable bonds is 10. The summed E-state index contributed by atoms with van der Waals surface area (Å²) < 4.78 is 35.6. The highest BCUT2D eigenvalue weighted by Crippen LogP contribution is 2.24. The fraction of sp³-hybridized carbons (Fsp3) is 0.200. The van der Waals surface area contributed by atoms with E-state index in [2.05, 4.69) is 37.4 Å². The fourth-order valence-corrected chi connectivity index (χ4v) is 4.79. The first kappa shape index (κ1) is 22.5. The van der Waals surface area contributed by atoms with Crippen molar-refractivity contribution in [2.45, 2.75) is 28.9 Å². The van der Waals surface area contributed by atoms with Gasteiger partial charge < -0.3 is 9.30 Å². The van der Waals surface area contributed by atoms with Crippen LogP contribution in [-0.4, -0.2) is 30.3 Å². The van der Waals surface area contributed by atoms with Gasteiger partial charge in [0.1, 0.15) is 11.6 Å². The summed E-state index contributed by atoms with van der Waals surface area (Å²) in [4.78, 5) is 0.188. The topological polar surface area (TPSA) is 86.1 Å². The molecule has 0 spiro atoms. The normalized spacial score (nSPS) is 11.4. The summed E-state index contributed by atoms with van der Waals surface area (Å²) in [6.45, 7) is 4.28. The number of ether oxygens (including phenoxy) is 1. The molecule has 30 heavy (non-hydrogen) atoms. The second kappa shape index (κ2) is 10.3. The lowest BCUT2D eigenvalue weighted by molar-refractivity contribution is 0.414. The monoisotopic (exact) mass is 508 g/mol.